The molecule has 0 aliphatic carbocycles. The maximum absolute atomic E-state index is 10.0. The molecule has 1 unspecified atom stereocenters. The van der Waals surface area contributed by atoms with Gasteiger partial charge in [0.25, 0.3) is 0 Å². The Kier molecular flexibility index (Phi) is 4.58. The fourth-order valence-corrected chi connectivity index (χ4v) is 0.607. The summed E-state index contributed by atoms with van der Waals surface area (Å²) >= 11 is 0. The fraction of sp³-hybridized carbons (Fsp3) is 0.571. The van der Waals surface area contributed by atoms with E-state index in [1.54, 1.807) is 6.08 Å². The van der Waals surface area contributed by atoms with Crippen LogP contribution < -0.4 is 5.73 Å². The molecule has 1 atom stereocenters. The summed E-state index contributed by atoms with van der Waals surface area (Å²) in [6, 6.07) is -0.0562. The smallest absolute Gasteiger partial charge is 0.303 e. The Hall–Kier alpha value is -0.830. The molecule has 0 saturated carbocycles. The fourth-order valence-electron chi connectivity index (χ4n) is 0.607. The van der Waals surface area contributed by atoms with Crippen molar-refractivity contribution in [2.75, 3.05) is 0 Å². The molecule has 0 radical (unpaired) electrons. The van der Waals surface area contributed by atoms with Crippen molar-refractivity contribution in [3.8, 4) is 0 Å². The van der Waals surface area contributed by atoms with E-state index in [4.69, 9.17) is 10.8 Å². The van der Waals surface area contributed by atoms with E-state index in [1.165, 1.54) is 0 Å². The molecule has 3 nitrogen and oxygen atoms in total. The van der Waals surface area contributed by atoms with Crippen LogP contribution in [0, 0.1) is 0 Å². The predicted molar refractivity (Wildman–Crippen MR) is 39.7 cm³/mol. The van der Waals surface area contributed by atoms with Crippen LogP contribution in [0.4, 0.5) is 0 Å². The van der Waals surface area contributed by atoms with E-state index in [1.807, 2.05) is 0 Å². The molecule has 0 amide bonds. The van der Waals surface area contributed by atoms with Crippen molar-refractivity contribution in [3.63, 3.8) is 0 Å². The van der Waals surface area contributed by atoms with E-state index in [-0.39, 0.29) is 12.5 Å². The van der Waals surface area contributed by atoms with Gasteiger partial charge >= 0.3 is 5.97 Å². The zero-order valence-electron chi connectivity index (χ0n) is 5.92. The van der Waals surface area contributed by atoms with Gasteiger partial charge in [0.15, 0.2) is 0 Å². The molecular weight excluding hydrogens is 130 g/mol. The minimum absolute atomic E-state index is 0.0562. The van der Waals surface area contributed by atoms with Crippen LogP contribution >= 0.6 is 0 Å². The normalized spacial score (nSPS) is 12.5. The number of rotatable bonds is 5. The van der Waals surface area contributed by atoms with Gasteiger partial charge in [-0.05, 0) is 12.8 Å². The topological polar surface area (TPSA) is 63.3 Å². The molecule has 0 saturated heterocycles. The van der Waals surface area contributed by atoms with E-state index in [9.17, 15) is 4.79 Å². The Morgan fingerprint density at radius 3 is 2.80 bits per heavy atom. The number of hydrogen-bond donors (Lipinski definition) is 2. The minimum atomic E-state index is -0.767. The highest BCUT2D eigenvalue weighted by Gasteiger charge is 1.99. The highest BCUT2D eigenvalue weighted by Crippen LogP contribution is 1.98. The maximum atomic E-state index is 10.0. The first-order valence-electron chi connectivity index (χ1n) is 3.26. The second-order valence-corrected chi connectivity index (χ2v) is 2.19. The molecule has 0 aliphatic heterocycles. The standard InChI is InChI=1S/C7H13NO2/c1-2-6(8)4-3-5-7(9)10/h2,6H,1,3-5,8H2,(H,9,10). The zero-order chi connectivity index (χ0) is 7.98. The van der Waals surface area contributed by atoms with Gasteiger partial charge in [0, 0.05) is 12.5 Å². The van der Waals surface area contributed by atoms with Crippen molar-refractivity contribution in [2.45, 2.75) is 25.3 Å². The van der Waals surface area contributed by atoms with Gasteiger partial charge in [-0.3, -0.25) is 4.79 Å². The third kappa shape index (κ3) is 5.31. The monoisotopic (exact) mass is 143 g/mol. The molecule has 0 heterocycles. The van der Waals surface area contributed by atoms with Crippen molar-refractivity contribution in [2.24, 2.45) is 5.73 Å². The van der Waals surface area contributed by atoms with Crippen LogP contribution in [0.25, 0.3) is 0 Å². The number of hydrogen-bond acceptors (Lipinski definition) is 2. The third-order valence-electron chi connectivity index (χ3n) is 1.23. The first-order chi connectivity index (χ1) is 4.66. The van der Waals surface area contributed by atoms with Gasteiger partial charge in [0.2, 0.25) is 0 Å². The Bertz CT molecular complexity index is 123. The van der Waals surface area contributed by atoms with Crippen LogP contribution in [-0.4, -0.2) is 17.1 Å². The summed E-state index contributed by atoms with van der Waals surface area (Å²) in [6.45, 7) is 3.49. The molecule has 0 fully saturated rings. The van der Waals surface area contributed by atoms with Crippen molar-refractivity contribution in [1.29, 1.82) is 0 Å². The van der Waals surface area contributed by atoms with E-state index in [0.29, 0.717) is 12.8 Å². The van der Waals surface area contributed by atoms with Crippen LogP contribution in [0.3, 0.4) is 0 Å². The first kappa shape index (κ1) is 9.17. The van der Waals surface area contributed by atoms with Gasteiger partial charge in [-0.25, -0.2) is 0 Å². The van der Waals surface area contributed by atoms with Crippen LogP contribution in [0.1, 0.15) is 19.3 Å². The number of nitrogens with two attached hydrogens (primary N) is 1. The lowest BCUT2D eigenvalue weighted by Gasteiger charge is -2.02. The van der Waals surface area contributed by atoms with Crippen LogP contribution in [-0.2, 0) is 4.79 Å². The van der Waals surface area contributed by atoms with Crippen molar-refractivity contribution in [3.05, 3.63) is 12.7 Å². The van der Waals surface area contributed by atoms with Crippen LogP contribution in [0.15, 0.2) is 12.7 Å². The lowest BCUT2D eigenvalue weighted by molar-refractivity contribution is -0.137. The summed E-state index contributed by atoms with van der Waals surface area (Å²) in [5.74, 6) is -0.767. The van der Waals surface area contributed by atoms with Gasteiger partial charge < -0.3 is 10.8 Å². The summed E-state index contributed by atoms with van der Waals surface area (Å²) in [5.41, 5.74) is 5.45. The van der Waals surface area contributed by atoms with E-state index < -0.39 is 5.97 Å². The molecule has 3 heteroatoms. The summed E-state index contributed by atoms with van der Waals surface area (Å²) in [6.07, 6.45) is 3.15. The third-order valence-corrected chi connectivity index (χ3v) is 1.23. The second kappa shape index (κ2) is 4.99. The van der Waals surface area contributed by atoms with E-state index in [2.05, 4.69) is 6.58 Å². The van der Waals surface area contributed by atoms with Crippen molar-refractivity contribution in [1.82, 2.24) is 0 Å². The maximum Gasteiger partial charge on any atom is 0.303 e. The van der Waals surface area contributed by atoms with Crippen LogP contribution in [0.2, 0.25) is 0 Å². The molecule has 0 bridgehead atoms. The SMILES string of the molecule is C=CC(N)CCCC(=O)O. The Morgan fingerprint density at radius 2 is 2.40 bits per heavy atom. The largest absolute Gasteiger partial charge is 0.481 e. The first-order valence-corrected chi connectivity index (χ1v) is 3.26. The van der Waals surface area contributed by atoms with E-state index in [0.717, 1.165) is 0 Å². The summed E-state index contributed by atoms with van der Waals surface area (Å²) in [4.78, 5) is 10.0. The summed E-state index contributed by atoms with van der Waals surface area (Å²) < 4.78 is 0. The van der Waals surface area contributed by atoms with Crippen molar-refractivity contribution >= 4 is 5.97 Å². The molecule has 0 aromatic carbocycles. The summed E-state index contributed by atoms with van der Waals surface area (Å²) in [5, 5.41) is 8.23. The lowest BCUT2D eigenvalue weighted by atomic mass is 10.1. The van der Waals surface area contributed by atoms with Gasteiger partial charge in [-0.15, -0.1) is 6.58 Å². The second-order valence-electron chi connectivity index (χ2n) is 2.19. The average Bonchev–Trinajstić information content (AvgIpc) is 1.87. The molecule has 0 aromatic rings. The summed E-state index contributed by atoms with van der Waals surface area (Å²) in [7, 11) is 0. The molecule has 0 rings (SSSR count). The molecular formula is C7H13NO2. The zero-order valence-corrected chi connectivity index (χ0v) is 5.92. The van der Waals surface area contributed by atoms with Crippen molar-refractivity contribution < 1.29 is 9.90 Å². The number of carboxylic acids is 1. The Balaban J connectivity index is 3.19. The Morgan fingerprint density at radius 1 is 1.80 bits per heavy atom. The van der Waals surface area contributed by atoms with Crippen LogP contribution in [0.5, 0.6) is 0 Å². The molecule has 0 spiro atoms. The minimum Gasteiger partial charge on any atom is -0.481 e. The molecule has 3 N–H and O–H groups in total. The molecule has 58 valence electrons. The molecule has 0 aromatic heterocycles. The molecule has 0 aliphatic rings. The Labute approximate surface area is 60.5 Å². The molecule has 10 heavy (non-hydrogen) atoms. The van der Waals surface area contributed by atoms with E-state index >= 15 is 0 Å². The quantitative estimate of drug-likeness (QED) is 0.558. The van der Waals surface area contributed by atoms with Gasteiger partial charge in [0.05, 0.1) is 0 Å². The predicted octanol–water partition coefficient (Wildman–Crippen LogP) is 0.755. The van der Waals surface area contributed by atoms with Gasteiger partial charge in [-0.1, -0.05) is 6.08 Å². The number of carboxylic acid groups (broad SMARTS) is 1. The number of carbonyl (C=O) groups is 1. The lowest BCUT2D eigenvalue weighted by Crippen LogP contribution is -2.16. The highest BCUT2D eigenvalue weighted by atomic mass is 16.4. The number of aliphatic carboxylic acids is 1. The van der Waals surface area contributed by atoms with Gasteiger partial charge in [0.1, 0.15) is 0 Å². The highest BCUT2D eigenvalue weighted by molar-refractivity contribution is 5.66. The van der Waals surface area contributed by atoms with Gasteiger partial charge in [-0.2, -0.15) is 0 Å². The average molecular weight is 143 g/mol.